The highest BCUT2D eigenvalue weighted by atomic mass is 16.6. The van der Waals surface area contributed by atoms with Crippen molar-refractivity contribution in [2.24, 2.45) is 0 Å². The van der Waals surface area contributed by atoms with E-state index in [4.69, 9.17) is 4.74 Å². The van der Waals surface area contributed by atoms with Gasteiger partial charge < -0.3 is 19.9 Å². The van der Waals surface area contributed by atoms with Crippen LogP contribution in [0.3, 0.4) is 0 Å². The van der Waals surface area contributed by atoms with Gasteiger partial charge in [0, 0.05) is 50.7 Å². The minimum absolute atomic E-state index is 0.0313. The molecule has 25 heavy (non-hydrogen) atoms. The van der Waals surface area contributed by atoms with Crippen LogP contribution in [0, 0.1) is 10.1 Å². The highest BCUT2D eigenvalue weighted by Crippen LogP contribution is 2.39. The second-order valence-electron chi connectivity index (χ2n) is 5.79. The second kappa shape index (κ2) is 7.31. The van der Waals surface area contributed by atoms with Crippen molar-refractivity contribution in [3.63, 3.8) is 0 Å². The summed E-state index contributed by atoms with van der Waals surface area (Å²) in [6.45, 7) is 3.18. The normalized spacial score (nSPS) is 15.0. The molecule has 1 aliphatic heterocycles. The first-order chi connectivity index (χ1) is 12.1. The molecule has 1 aromatic heterocycles. The largest absolute Gasteiger partial charge is 0.494 e. The zero-order valence-electron chi connectivity index (χ0n) is 14.2. The third kappa shape index (κ3) is 3.77. The van der Waals surface area contributed by atoms with E-state index in [1.807, 2.05) is 11.9 Å². The van der Waals surface area contributed by atoms with Gasteiger partial charge in [0.05, 0.1) is 17.7 Å². The summed E-state index contributed by atoms with van der Waals surface area (Å²) >= 11 is 0. The molecule has 132 valence electrons. The summed E-state index contributed by atoms with van der Waals surface area (Å²) in [5.74, 6) is 0.856. The summed E-state index contributed by atoms with van der Waals surface area (Å²) in [5.41, 5.74) is 1.05. The highest BCUT2D eigenvalue weighted by molar-refractivity contribution is 5.76. The number of hydrogen-bond donors (Lipinski definition) is 1. The van der Waals surface area contributed by atoms with Crippen molar-refractivity contribution in [1.82, 2.24) is 14.9 Å². The van der Waals surface area contributed by atoms with Crippen LogP contribution in [0.15, 0.2) is 30.6 Å². The molecule has 1 aromatic carbocycles. The Morgan fingerprint density at radius 2 is 1.88 bits per heavy atom. The van der Waals surface area contributed by atoms with E-state index in [9.17, 15) is 10.1 Å². The molecule has 0 radical (unpaired) electrons. The van der Waals surface area contributed by atoms with E-state index in [2.05, 4.69) is 20.2 Å². The van der Waals surface area contributed by atoms with E-state index in [-0.39, 0.29) is 10.6 Å². The van der Waals surface area contributed by atoms with Crippen molar-refractivity contribution in [3.05, 3.63) is 40.7 Å². The number of rotatable bonds is 5. The Hall–Kier alpha value is -2.94. The number of likely N-dealkylation sites (N-methyl/N-ethyl adjacent to an activating group) is 1. The molecule has 2 aromatic rings. The maximum absolute atomic E-state index is 11.6. The lowest BCUT2D eigenvalue weighted by molar-refractivity contribution is -0.384. The Kier molecular flexibility index (Phi) is 4.94. The summed E-state index contributed by atoms with van der Waals surface area (Å²) in [6.07, 6.45) is 3.18. The topological polar surface area (TPSA) is 96.7 Å². The SMILES string of the molecule is COc1cc(N2CCN(C)CC2)c([N+](=O)[O-])cc1Nc1ncccn1. The summed E-state index contributed by atoms with van der Waals surface area (Å²) in [4.78, 5) is 23.6. The molecule has 0 unspecified atom stereocenters. The summed E-state index contributed by atoms with van der Waals surface area (Å²) < 4.78 is 5.43. The zero-order valence-corrected chi connectivity index (χ0v) is 14.2. The molecule has 0 atom stereocenters. The number of nitrogens with one attached hydrogen (secondary N) is 1. The van der Waals surface area contributed by atoms with Gasteiger partial charge in [0.1, 0.15) is 11.4 Å². The predicted molar refractivity (Wildman–Crippen MR) is 94.7 cm³/mol. The number of anilines is 3. The molecule has 0 spiro atoms. The standard InChI is InChI=1S/C16H20N6O3/c1-20-6-8-21(9-7-20)13-11-15(25-2)12(10-14(13)22(23)24)19-16-17-4-3-5-18-16/h3-5,10-11H,6-9H2,1-2H3,(H,17,18,19). The first-order valence-electron chi connectivity index (χ1n) is 7.92. The van der Waals surface area contributed by atoms with Gasteiger partial charge in [-0.05, 0) is 13.1 Å². The fourth-order valence-electron chi connectivity index (χ4n) is 2.76. The maximum Gasteiger partial charge on any atom is 0.294 e. The van der Waals surface area contributed by atoms with Crippen molar-refractivity contribution >= 4 is 23.0 Å². The molecule has 1 N–H and O–H groups in total. The quantitative estimate of drug-likeness (QED) is 0.649. The predicted octanol–water partition coefficient (Wildman–Crippen LogP) is 1.89. The minimum Gasteiger partial charge on any atom is -0.494 e. The molecule has 1 saturated heterocycles. The summed E-state index contributed by atoms with van der Waals surface area (Å²) in [7, 11) is 3.57. The van der Waals surface area contributed by atoms with E-state index in [1.54, 1.807) is 24.5 Å². The van der Waals surface area contributed by atoms with E-state index >= 15 is 0 Å². The molecule has 0 bridgehead atoms. The van der Waals surface area contributed by atoms with Crippen LogP contribution < -0.4 is 15.0 Å². The molecule has 2 heterocycles. The minimum atomic E-state index is -0.371. The third-order valence-electron chi connectivity index (χ3n) is 4.15. The number of nitro benzene ring substituents is 1. The number of ether oxygens (including phenoxy) is 1. The Bertz CT molecular complexity index is 747. The molecule has 9 nitrogen and oxygen atoms in total. The van der Waals surface area contributed by atoms with Crippen LogP contribution in [0.1, 0.15) is 0 Å². The lowest BCUT2D eigenvalue weighted by atomic mass is 10.1. The molecular weight excluding hydrogens is 324 g/mol. The molecule has 1 aliphatic rings. The number of piperazine rings is 1. The van der Waals surface area contributed by atoms with Crippen LogP contribution in [0.25, 0.3) is 0 Å². The number of aromatic nitrogens is 2. The summed E-state index contributed by atoms with van der Waals surface area (Å²) in [5, 5.41) is 14.6. The van der Waals surface area contributed by atoms with Gasteiger partial charge in [-0.25, -0.2) is 9.97 Å². The maximum atomic E-state index is 11.6. The molecule has 9 heteroatoms. The molecule has 3 rings (SSSR count). The Morgan fingerprint density at radius 1 is 1.20 bits per heavy atom. The van der Waals surface area contributed by atoms with Crippen molar-refractivity contribution in [3.8, 4) is 5.75 Å². The van der Waals surface area contributed by atoms with Gasteiger partial charge in [0.2, 0.25) is 5.95 Å². The molecule has 0 aliphatic carbocycles. The van der Waals surface area contributed by atoms with Crippen molar-refractivity contribution < 1.29 is 9.66 Å². The average molecular weight is 344 g/mol. The third-order valence-corrected chi connectivity index (χ3v) is 4.15. The number of nitrogens with zero attached hydrogens (tertiary/aromatic N) is 5. The average Bonchev–Trinajstić information content (AvgIpc) is 2.63. The first-order valence-corrected chi connectivity index (χ1v) is 7.92. The van der Waals surface area contributed by atoms with Gasteiger partial charge in [-0.15, -0.1) is 0 Å². The molecule has 1 fully saturated rings. The van der Waals surface area contributed by atoms with E-state index in [1.165, 1.54) is 13.2 Å². The monoisotopic (exact) mass is 344 g/mol. The van der Waals surface area contributed by atoms with E-state index < -0.39 is 0 Å². The van der Waals surface area contributed by atoms with Crippen LogP contribution >= 0.6 is 0 Å². The summed E-state index contributed by atoms with van der Waals surface area (Å²) in [6, 6.07) is 4.87. The number of benzene rings is 1. The van der Waals surface area contributed by atoms with Crippen molar-refractivity contribution in [1.29, 1.82) is 0 Å². The van der Waals surface area contributed by atoms with Gasteiger partial charge in [0.15, 0.2) is 0 Å². The van der Waals surface area contributed by atoms with Crippen LogP contribution in [-0.2, 0) is 0 Å². The number of methoxy groups -OCH3 is 1. The number of nitro groups is 1. The van der Waals surface area contributed by atoms with Crippen molar-refractivity contribution in [2.75, 3.05) is 50.6 Å². The Labute approximate surface area is 145 Å². The highest BCUT2D eigenvalue weighted by Gasteiger charge is 2.25. The van der Waals surface area contributed by atoms with Gasteiger partial charge in [-0.2, -0.15) is 0 Å². The van der Waals surface area contributed by atoms with Crippen LogP contribution in [-0.4, -0.2) is 60.1 Å². The fourth-order valence-corrected chi connectivity index (χ4v) is 2.76. The second-order valence-corrected chi connectivity index (χ2v) is 5.79. The fraction of sp³-hybridized carbons (Fsp3) is 0.375. The number of hydrogen-bond acceptors (Lipinski definition) is 8. The molecule has 0 saturated carbocycles. The van der Waals surface area contributed by atoms with Crippen molar-refractivity contribution in [2.45, 2.75) is 0 Å². The van der Waals surface area contributed by atoms with Gasteiger partial charge in [0.25, 0.3) is 5.69 Å². The smallest absolute Gasteiger partial charge is 0.294 e. The lowest BCUT2D eigenvalue weighted by Gasteiger charge is -2.33. The first kappa shape index (κ1) is 16.9. The van der Waals surface area contributed by atoms with Gasteiger partial charge in [-0.3, -0.25) is 10.1 Å². The van der Waals surface area contributed by atoms with E-state index in [0.717, 1.165) is 26.2 Å². The Balaban J connectivity index is 1.97. The molecular formula is C16H20N6O3. The molecule has 0 amide bonds. The van der Waals surface area contributed by atoms with Crippen LogP contribution in [0.5, 0.6) is 5.75 Å². The van der Waals surface area contributed by atoms with E-state index in [0.29, 0.717) is 23.1 Å². The zero-order chi connectivity index (χ0) is 17.8. The van der Waals surface area contributed by atoms with Crippen LogP contribution in [0.4, 0.5) is 23.0 Å². The van der Waals surface area contributed by atoms with Crippen LogP contribution in [0.2, 0.25) is 0 Å². The van der Waals surface area contributed by atoms with Gasteiger partial charge >= 0.3 is 0 Å². The Morgan fingerprint density at radius 3 is 2.48 bits per heavy atom. The van der Waals surface area contributed by atoms with Gasteiger partial charge in [-0.1, -0.05) is 0 Å². The lowest BCUT2D eigenvalue weighted by Crippen LogP contribution is -2.44.